The van der Waals surface area contributed by atoms with Crippen LogP contribution in [0.3, 0.4) is 0 Å². The van der Waals surface area contributed by atoms with E-state index in [1.807, 2.05) is 35.2 Å². The SMILES string of the molecule is CC(=O)NC[C@H]1CN(c2ccc(N3CCN(C4=CCC(=CC5C(=O)Nc6ccccc65)C=C4)CC3)c(F)c2)C(=O)O1. The van der Waals surface area contributed by atoms with Crippen molar-refractivity contribution in [3.8, 4) is 0 Å². The van der Waals surface area contributed by atoms with E-state index in [2.05, 4.69) is 33.8 Å². The molecule has 2 atom stereocenters. The second-order valence-electron chi connectivity index (χ2n) is 10.6. The molecule has 9 nitrogen and oxygen atoms in total. The van der Waals surface area contributed by atoms with Crippen LogP contribution >= 0.6 is 0 Å². The third-order valence-electron chi connectivity index (χ3n) is 7.91. The molecule has 0 aromatic heterocycles. The average Bonchev–Trinajstić information content (AvgIpc) is 3.51. The molecule has 212 valence electrons. The normalized spacial score (nSPS) is 22.9. The summed E-state index contributed by atoms with van der Waals surface area (Å²) in [5, 5.41) is 5.59. The van der Waals surface area contributed by atoms with E-state index in [1.165, 1.54) is 17.9 Å². The van der Waals surface area contributed by atoms with Gasteiger partial charge in [-0.2, -0.15) is 0 Å². The van der Waals surface area contributed by atoms with E-state index in [4.69, 9.17) is 4.74 Å². The summed E-state index contributed by atoms with van der Waals surface area (Å²) in [7, 11) is 0. The summed E-state index contributed by atoms with van der Waals surface area (Å²) >= 11 is 0. The highest BCUT2D eigenvalue weighted by atomic mass is 19.1. The van der Waals surface area contributed by atoms with Crippen LogP contribution in [0.5, 0.6) is 0 Å². The number of rotatable bonds is 6. The van der Waals surface area contributed by atoms with Crippen LogP contribution in [0, 0.1) is 5.82 Å². The minimum absolute atomic E-state index is 0.00443. The van der Waals surface area contributed by atoms with E-state index in [9.17, 15) is 14.4 Å². The van der Waals surface area contributed by atoms with Crippen LogP contribution in [0.15, 0.2) is 78.0 Å². The number of benzene rings is 2. The van der Waals surface area contributed by atoms with Crippen LogP contribution in [0.25, 0.3) is 0 Å². The Morgan fingerprint density at radius 1 is 1.10 bits per heavy atom. The molecule has 1 unspecified atom stereocenters. The summed E-state index contributed by atoms with van der Waals surface area (Å²) in [5.74, 6) is -0.858. The number of piperazine rings is 1. The van der Waals surface area contributed by atoms with Crippen molar-refractivity contribution >= 4 is 35.0 Å². The van der Waals surface area contributed by atoms with Crippen molar-refractivity contribution in [1.29, 1.82) is 0 Å². The van der Waals surface area contributed by atoms with E-state index in [0.29, 0.717) is 24.5 Å². The fourth-order valence-corrected chi connectivity index (χ4v) is 5.74. The Morgan fingerprint density at radius 2 is 1.88 bits per heavy atom. The molecule has 0 bridgehead atoms. The molecule has 0 spiro atoms. The monoisotopic (exact) mass is 557 g/mol. The molecule has 6 rings (SSSR count). The van der Waals surface area contributed by atoms with Gasteiger partial charge in [-0.15, -0.1) is 0 Å². The molecular formula is C31H32FN5O4. The number of anilines is 3. The number of halogens is 1. The lowest BCUT2D eigenvalue weighted by Crippen LogP contribution is -2.46. The van der Waals surface area contributed by atoms with Gasteiger partial charge in [0.25, 0.3) is 0 Å². The van der Waals surface area contributed by atoms with Crippen LogP contribution in [0.4, 0.5) is 26.2 Å². The van der Waals surface area contributed by atoms with Crippen LogP contribution in [-0.4, -0.2) is 68.2 Å². The first-order valence-corrected chi connectivity index (χ1v) is 13.9. The summed E-state index contributed by atoms with van der Waals surface area (Å²) in [6.07, 6.45) is 8.12. The van der Waals surface area contributed by atoms with E-state index in [1.54, 1.807) is 12.1 Å². The minimum Gasteiger partial charge on any atom is -0.442 e. The molecule has 10 heteroatoms. The van der Waals surface area contributed by atoms with Crippen molar-refractivity contribution in [2.45, 2.75) is 25.4 Å². The lowest BCUT2D eigenvalue weighted by atomic mass is 9.95. The Kier molecular flexibility index (Phi) is 7.21. The molecule has 2 aromatic rings. The zero-order valence-corrected chi connectivity index (χ0v) is 22.8. The number of ether oxygens (including phenoxy) is 1. The highest BCUT2D eigenvalue weighted by Gasteiger charge is 2.33. The topological polar surface area (TPSA) is 94.2 Å². The molecule has 2 saturated heterocycles. The molecule has 0 radical (unpaired) electrons. The van der Waals surface area contributed by atoms with E-state index >= 15 is 4.39 Å². The average molecular weight is 558 g/mol. The number of amides is 3. The van der Waals surface area contributed by atoms with Crippen LogP contribution in [0.2, 0.25) is 0 Å². The lowest BCUT2D eigenvalue weighted by Gasteiger charge is -2.38. The van der Waals surface area contributed by atoms with Gasteiger partial charge in [-0.1, -0.05) is 36.4 Å². The van der Waals surface area contributed by atoms with Crippen LogP contribution in [-0.2, 0) is 14.3 Å². The Balaban J connectivity index is 1.04. The maximum atomic E-state index is 15.2. The number of hydrogen-bond donors (Lipinski definition) is 2. The van der Waals surface area contributed by atoms with Crippen molar-refractivity contribution in [2.24, 2.45) is 0 Å². The number of hydrogen-bond acceptors (Lipinski definition) is 6. The van der Waals surface area contributed by atoms with Crippen molar-refractivity contribution < 1.29 is 23.5 Å². The maximum Gasteiger partial charge on any atom is 0.414 e. The molecular weight excluding hydrogens is 525 g/mol. The number of fused-ring (bicyclic) bond motifs is 1. The second kappa shape index (κ2) is 11.1. The van der Waals surface area contributed by atoms with E-state index in [0.717, 1.165) is 42.0 Å². The molecule has 4 aliphatic rings. The van der Waals surface area contributed by atoms with Gasteiger partial charge in [0.15, 0.2) is 0 Å². The molecule has 0 saturated carbocycles. The van der Waals surface area contributed by atoms with Gasteiger partial charge >= 0.3 is 6.09 Å². The smallest absolute Gasteiger partial charge is 0.414 e. The Bertz CT molecular complexity index is 1480. The summed E-state index contributed by atoms with van der Waals surface area (Å²) in [4.78, 5) is 41.6. The molecule has 2 fully saturated rings. The number of carbonyl (C=O) groups is 3. The van der Waals surface area contributed by atoms with Gasteiger partial charge in [-0.3, -0.25) is 14.5 Å². The van der Waals surface area contributed by atoms with Crippen molar-refractivity contribution in [2.75, 3.05) is 54.4 Å². The number of para-hydroxylation sites is 1. The standard InChI is InChI=1S/C31H32FN5O4/c1-20(38)33-18-24-19-37(31(40)41-24)23-10-11-29(27(32)17-23)36-14-12-35(13-15-36)22-8-6-21(7-9-22)16-26-25-4-2-3-5-28(25)34-30(26)39/h2-6,8-11,16-17,24,26H,7,12-15,18-19H2,1H3,(H,33,38)(H,34,39)/t24-,26?/m0/s1. The van der Waals surface area contributed by atoms with Crippen molar-refractivity contribution in [3.05, 3.63) is 89.4 Å². The van der Waals surface area contributed by atoms with Crippen LogP contribution in [0.1, 0.15) is 24.8 Å². The number of nitrogens with zero attached hydrogens (tertiary/aromatic N) is 3. The van der Waals surface area contributed by atoms with Crippen molar-refractivity contribution in [1.82, 2.24) is 10.2 Å². The van der Waals surface area contributed by atoms with Gasteiger partial charge in [-0.05, 0) is 47.9 Å². The zero-order chi connectivity index (χ0) is 28.5. The summed E-state index contributed by atoms with van der Waals surface area (Å²) < 4.78 is 20.5. The highest BCUT2D eigenvalue weighted by molar-refractivity contribution is 6.04. The van der Waals surface area contributed by atoms with E-state index in [-0.39, 0.29) is 30.8 Å². The Morgan fingerprint density at radius 3 is 2.61 bits per heavy atom. The third kappa shape index (κ3) is 5.54. The molecule has 2 N–H and O–H groups in total. The van der Waals surface area contributed by atoms with Gasteiger partial charge in [-0.25, -0.2) is 9.18 Å². The first-order chi connectivity index (χ1) is 19.9. The van der Waals surface area contributed by atoms with Crippen molar-refractivity contribution in [3.63, 3.8) is 0 Å². The lowest BCUT2D eigenvalue weighted by molar-refractivity contribution is -0.119. The summed E-state index contributed by atoms with van der Waals surface area (Å²) in [6, 6.07) is 12.6. The maximum absolute atomic E-state index is 15.2. The Labute approximate surface area is 237 Å². The quantitative estimate of drug-likeness (QED) is 0.560. The molecule has 2 aromatic carbocycles. The molecule has 41 heavy (non-hydrogen) atoms. The predicted octanol–water partition coefficient (Wildman–Crippen LogP) is 3.92. The number of carbonyl (C=O) groups excluding carboxylic acids is 3. The molecule has 3 amide bonds. The first-order valence-electron chi connectivity index (χ1n) is 13.9. The Hall–Kier alpha value is -4.60. The van der Waals surface area contributed by atoms with Crippen LogP contribution < -0.4 is 20.4 Å². The zero-order valence-electron chi connectivity index (χ0n) is 22.8. The van der Waals surface area contributed by atoms with Gasteiger partial charge in [0.2, 0.25) is 11.8 Å². The summed E-state index contributed by atoms with van der Waals surface area (Å²) in [5.41, 5.74) is 5.07. The third-order valence-corrected chi connectivity index (χ3v) is 7.91. The fraction of sp³-hybridized carbons (Fsp3) is 0.323. The summed E-state index contributed by atoms with van der Waals surface area (Å²) in [6.45, 7) is 4.69. The molecule has 3 heterocycles. The second-order valence-corrected chi connectivity index (χ2v) is 10.6. The molecule has 1 aliphatic carbocycles. The highest BCUT2D eigenvalue weighted by Crippen LogP contribution is 2.35. The molecule has 3 aliphatic heterocycles. The van der Waals surface area contributed by atoms with Gasteiger partial charge < -0.3 is 25.2 Å². The van der Waals surface area contributed by atoms with Gasteiger partial charge in [0.1, 0.15) is 11.9 Å². The largest absolute Gasteiger partial charge is 0.442 e. The number of allylic oxidation sites excluding steroid dienone is 4. The number of cyclic esters (lactones) is 1. The van der Waals surface area contributed by atoms with E-state index < -0.39 is 18.0 Å². The minimum atomic E-state index is -0.552. The fourth-order valence-electron chi connectivity index (χ4n) is 5.74. The van der Waals surface area contributed by atoms with Gasteiger partial charge in [0.05, 0.1) is 30.4 Å². The predicted molar refractivity (Wildman–Crippen MR) is 154 cm³/mol. The number of nitrogens with one attached hydrogen (secondary N) is 2. The van der Waals surface area contributed by atoms with Gasteiger partial charge in [0, 0.05) is 44.5 Å². The first kappa shape index (κ1) is 26.6.